The summed E-state index contributed by atoms with van der Waals surface area (Å²) in [5.74, 6) is -1.48. The van der Waals surface area contributed by atoms with Crippen molar-refractivity contribution in [3.8, 4) is 5.75 Å². The van der Waals surface area contributed by atoms with E-state index in [0.717, 1.165) is 12.1 Å². The zero-order valence-corrected chi connectivity index (χ0v) is 9.52. The van der Waals surface area contributed by atoms with Crippen LogP contribution in [0.2, 0.25) is 0 Å². The van der Waals surface area contributed by atoms with E-state index in [4.69, 9.17) is 5.11 Å². The van der Waals surface area contributed by atoms with Crippen molar-refractivity contribution in [2.24, 2.45) is 0 Å². The summed E-state index contributed by atoms with van der Waals surface area (Å²) >= 11 is 0. The number of carbonyl (C=O) groups is 1. The number of carboxylic acids is 1. The molecule has 1 N–H and O–H groups in total. The number of alkyl halides is 4. The van der Waals surface area contributed by atoms with Gasteiger partial charge in [-0.3, -0.25) is 4.79 Å². The van der Waals surface area contributed by atoms with Crippen molar-refractivity contribution in [2.45, 2.75) is 19.0 Å². The van der Waals surface area contributed by atoms with Crippen molar-refractivity contribution in [1.82, 2.24) is 0 Å². The topological polar surface area (TPSA) is 46.5 Å². The molecule has 0 aliphatic carbocycles. The predicted molar refractivity (Wildman–Crippen MR) is 59.3 cm³/mol. The number of hydrogen-bond acceptors (Lipinski definition) is 2. The van der Waals surface area contributed by atoms with E-state index in [1.807, 2.05) is 0 Å². The van der Waals surface area contributed by atoms with E-state index in [9.17, 15) is 22.4 Å². The van der Waals surface area contributed by atoms with Crippen molar-refractivity contribution < 1.29 is 32.2 Å². The van der Waals surface area contributed by atoms with Gasteiger partial charge in [0.05, 0.1) is 6.42 Å². The molecule has 0 unspecified atom stereocenters. The summed E-state index contributed by atoms with van der Waals surface area (Å²) in [6, 6.07) is 5.03. The van der Waals surface area contributed by atoms with Gasteiger partial charge in [0.25, 0.3) is 0 Å². The van der Waals surface area contributed by atoms with Crippen LogP contribution < -0.4 is 4.74 Å². The Morgan fingerprint density at radius 2 is 2.11 bits per heavy atom. The van der Waals surface area contributed by atoms with Crippen molar-refractivity contribution in [2.75, 3.05) is 0 Å². The second kappa shape index (κ2) is 6.21. The molecule has 0 fully saturated rings. The third-order valence-electron chi connectivity index (χ3n) is 1.97. The average Bonchev–Trinajstić information content (AvgIpc) is 2.28. The van der Waals surface area contributed by atoms with Crippen LogP contribution in [-0.4, -0.2) is 23.6 Å². The van der Waals surface area contributed by atoms with Crippen LogP contribution in [-0.2, 0) is 4.79 Å². The number of hydrogen-bond donors (Lipinski definition) is 1. The molecule has 0 saturated heterocycles. The number of benzene rings is 1. The molecule has 19 heavy (non-hydrogen) atoms. The van der Waals surface area contributed by atoms with Gasteiger partial charge in [0, 0.05) is 0 Å². The van der Waals surface area contributed by atoms with E-state index in [2.05, 4.69) is 4.74 Å². The van der Waals surface area contributed by atoms with Gasteiger partial charge in [-0.1, -0.05) is 24.3 Å². The van der Waals surface area contributed by atoms with E-state index < -0.39 is 24.3 Å². The molecule has 0 bridgehead atoms. The Morgan fingerprint density at radius 3 is 2.68 bits per heavy atom. The minimum Gasteiger partial charge on any atom is -0.481 e. The van der Waals surface area contributed by atoms with Gasteiger partial charge >= 0.3 is 18.5 Å². The maximum atomic E-state index is 12.7. The summed E-state index contributed by atoms with van der Waals surface area (Å²) in [6.45, 7) is 0. The molecule has 1 rings (SSSR count). The smallest absolute Gasteiger partial charge is 0.461 e. The Morgan fingerprint density at radius 1 is 1.42 bits per heavy atom. The second-order valence-corrected chi connectivity index (χ2v) is 3.54. The molecule has 1 aromatic rings. The fourth-order valence-corrected chi connectivity index (χ4v) is 1.18. The Kier molecular flexibility index (Phi) is 4.91. The van der Waals surface area contributed by atoms with Crippen LogP contribution in [0.3, 0.4) is 0 Å². The lowest BCUT2D eigenvalue weighted by Crippen LogP contribution is -2.33. The highest BCUT2D eigenvalue weighted by Crippen LogP contribution is 2.28. The van der Waals surface area contributed by atoms with Crippen molar-refractivity contribution in [3.05, 3.63) is 35.9 Å². The molecule has 104 valence electrons. The van der Waals surface area contributed by atoms with Gasteiger partial charge in [-0.25, -0.2) is 0 Å². The zero-order chi connectivity index (χ0) is 14.5. The monoisotopic (exact) mass is 278 g/mol. The average molecular weight is 278 g/mol. The van der Waals surface area contributed by atoms with Crippen LogP contribution in [0.5, 0.6) is 5.75 Å². The minimum atomic E-state index is -4.57. The molecule has 0 aromatic heterocycles. The molecule has 0 saturated carbocycles. The van der Waals surface area contributed by atoms with E-state index >= 15 is 0 Å². The standard InChI is InChI=1S/C12H10F4O3/c13-11(14)12(15,16)19-9-5-1-3-8(7-9)4-2-6-10(17)18/h1-5,7,11H,6H2,(H,17,18). The predicted octanol–water partition coefficient (Wildman–Crippen LogP) is 3.41. The summed E-state index contributed by atoms with van der Waals surface area (Å²) in [7, 11) is 0. The third-order valence-corrected chi connectivity index (χ3v) is 1.97. The van der Waals surface area contributed by atoms with Gasteiger partial charge in [-0.05, 0) is 17.7 Å². The minimum absolute atomic E-state index is 0.238. The number of carboxylic acid groups (broad SMARTS) is 1. The first kappa shape index (κ1) is 15.0. The first-order valence-electron chi connectivity index (χ1n) is 5.14. The maximum Gasteiger partial charge on any atom is 0.461 e. The maximum absolute atomic E-state index is 12.7. The van der Waals surface area contributed by atoms with Crippen LogP contribution in [0.4, 0.5) is 17.6 Å². The molecule has 0 aliphatic heterocycles. The van der Waals surface area contributed by atoms with E-state index in [0.29, 0.717) is 5.56 Å². The lowest BCUT2D eigenvalue weighted by molar-refractivity contribution is -0.253. The summed E-state index contributed by atoms with van der Waals surface area (Å²) < 4.78 is 53.1. The number of rotatable bonds is 6. The summed E-state index contributed by atoms with van der Waals surface area (Å²) in [6.07, 6.45) is -6.07. The normalized spacial score (nSPS) is 12.1. The molecule has 0 spiro atoms. The molecule has 0 heterocycles. The molecular formula is C12H10F4O3. The van der Waals surface area contributed by atoms with Crippen LogP contribution in [0, 0.1) is 0 Å². The third kappa shape index (κ3) is 4.99. The fourth-order valence-electron chi connectivity index (χ4n) is 1.18. The highest BCUT2D eigenvalue weighted by Gasteiger charge is 2.43. The van der Waals surface area contributed by atoms with Crippen molar-refractivity contribution in [3.63, 3.8) is 0 Å². The van der Waals surface area contributed by atoms with E-state index in [1.165, 1.54) is 24.3 Å². The van der Waals surface area contributed by atoms with Gasteiger partial charge in [0.1, 0.15) is 5.75 Å². The first-order chi connectivity index (χ1) is 8.81. The quantitative estimate of drug-likeness (QED) is 0.811. The molecule has 0 radical (unpaired) electrons. The van der Waals surface area contributed by atoms with Gasteiger partial charge in [-0.2, -0.15) is 17.6 Å². The van der Waals surface area contributed by atoms with Crippen molar-refractivity contribution in [1.29, 1.82) is 0 Å². The van der Waals surface area contributed by atoms with Crippen LogP contribution >= 0.6 is 0 Å². The van der Waals surface area contributed by atoms with Gasteiger partial charge in [0.2, 0.25) is 0 Å². The Labute approximate surface area is 106 Å². The van der Waals surface area contributed by atoms with Crippen LogP contribution in [0.1, 0.15) is 12.0 Å². The van der Waals surface area contributed by atoms with Crippen LogP contribution in [0.25, 0.3) is 6.08 Å². The Bertz CT molecular complexity index is 472. The molecule has 7 heteroatoms. The molecule has 1 aromatic carbocycles. The Hall–Kier alpha value is -2.05. The Balaban J connectivity index is 2.77. The largest absolute Gasteiger partial charge is 0.481 e. The second-order valence-electron chi connectivity index (χ2n) is 3.54. The molecule has 3 nitrogen and oxygen atoms in total. The molecular weight excluding hydrogens is 268 g/mol. The van der Waals surface area contributed by atoms with Gasteiger partial charge < -0.3 is 9.84 Å². The first-order valence-corrected chi connectivity index (χ1v) is 5.14. The fraction of sp³-hybridized carbons (Fsp3) is 0.250. The van der Waals surface area contributed by atoms with E-state index in [1.54, 1.807) is 0 Å². The number of ether oxygens (including phenoxy) is 1. The summed E-state index contributed by atoms with van der Waals surface area (Å²) in [5.41, 5.74) is 0.365. The summed E-state index contributed by atoms with van der Waals surface area (Å²) in [5, 5.41) is 8.40. The van der Waals surface area contributed by atoms with Crippen molar-refractivity contribution >= 4 is 12.0 Å². The van der Waals surface area contributed by atoms with E-state index in [-0.39, 0.29) is 6.42 Å². The number of halogens is 4. The summed E-state index contributed by atoms with van der Waals surface area (Å²) in [4.78, 5) is 10.3. The lowest BCUT2D eigenvalue weighted by Gasteiger charge is -2.16. The van der Waals surface area contributed by atoms with Gasteiger partial charge in [-0.15, -0.1) is 0 Å². The van der Waals surface area contributed by atoms with Gasteiger partial charge in [0.15, 0.2) is 0 Å². The highest BCUT2D eigenvalue weighted by molar-refractivity contribution is 5.70. The van der Waals surface area contributed by atoms with Crippen LogP contribution in [0.15, 0.2) is 30.3 Å². The molecule has 0 aliphatic rings. The molecule has 0 atom stereocenters. The SMILES string of the molecule is O=C(O)CC=Cc1cccc(OC(F)(F)C(F)F)c1. The zero-order valence-electron chi connectivity index (χ0n) is 9.52. The number of aliphatic carboxylic acids is 1. The lowest BCUT2D eigenvalue weighted by atomic mass is 10.2. The highest BCUT2D eigenvalue weighted by atomic mass is 19.3. The molecule has 0 amide bonds.